The Morgan fingerprint density at radius 3 is 2.67 bits per heavy atom. The standard InChI is InChI=1S/C15H15F2N3O/c1-18-13-8-11(9-6-7-9)19-14(20-13)10-4-2-3-5-12(10)21-15(16)17/h2-5,8-9,15H,6-7H2,1H3,(H,18,19,20). The van der Waals surface area contributed by atoms with Gasteiger partial charge in [0, 0.05) is 24.7 Å². The molecule has 0 bridgehead atoms. The maximum Gasteiger partial charge on any atom is 0.387 e. The number of benzene rings is 1. The van der Waals surface area contributed by atoms with Crippen LogP contribution in [0, 0.1) is 0 Å². The van der Waals surface area contributed by atoms with Gasteiger partial charge in [0.05, 0.1) is 5.56 Å². The van der Waals surface area contributed by atoms with Gasteiger partial charge in [-0.05, 0) is 25.0 Å². The Morgan fingerprint density at radius 2 is 2.00 bits per heavy atom. The predicted octanol–water partition coefficient (Wildman–Crippen LogP) is 3.66. The molecular formula is C15H15F2N3O. The van der Waals surface area contributed by atoms with Crippen LogP contribution in [-0.2, 0) is 0 Å². The van der Waals surface area contributed by atoms with Crippen LogP contribution in [0.4, 0.5) is 14.6 Å². The summed E-state index contributed by atoms with van der Waals surface area (Å²) in [6, 6.07) is 8.47. The van der Waals surface area contributed by atoms with Crippen molar-refractivity contribution in [2.45, 2.75) is 25.4 Å². The van der Waals surface area contributed by atoms with Gasteiger partial charge in [0.15, 0.2) is 5.82 Å². The third-order valence-corrected chi connectivity index (χ3v) is 3.34. The highest BCUT2D eigenvalue weighted by atomic mass is 19.3. The Labute approximate surface area is 121 Å². The van der Waals surface area contributed by atoms with Gasteiger partial charge in [0.1, 0.15) is 11.6 Å². The molecule has 6 heteroatoms. The van der Waals surface area contributed by atoms with Gasteiger partial charge in [-0.15, -0.1) is 0 Å². The number of para-hydroxylation sites is 1. The molecule has 3 rings (SSSR count). The van der Waals surface area contributed by atoms with Crippen molar-refractivity contribution in [3.05, 3.63) is 36.0 Å². The summed E-state index contributed by atoms with van der Waals surface area (Å²) in [5, 5.41) is 2.98. The number of ether oxygens (including phenoxy) is 1. The molecule has 1 aromatic heterocycles. The predicted molar refractivity (Wildman–Crippen MR) is 75.6 cm³/mol. The topological polar surface area (TPSA) is 47.0 Å². The van der Waals surface area contributed by atoms with Crippen molar-refractivity contribution >= 4 is 5.82 Å². The van der Waals surface area contributed by atoms with Gasteiger partial charge < -0.3 is 10.1 Å². The summed E-state index contributed by atoms with van der Waals surface area (Å²) in [7, 11) is 1.77. The van der Waals surface area contributed by atoms with Crippen LogP contribution in [0.5, 0.6) is 5.75 Å². The van der Waals surface area contributed by atoms with E-state index in [2.05, 4.69) is 20.0 Å². The smallest absolute Gasteiger partial charge is 0.387 e. The van der Waals surface area contributed by atoms with E-state index in [-0.39, 0.29) is 5.75 Å². The van der Waals surface area contributed by atoms with Gasteiger partial charge in [0.2, 0.25) is 0 Å². The minimum atomic E-state index is -2.87. The Morgan fingerprint density at radius 1 is 1.24 bits per heavy atom. The first kappa shape index (κ1) is 13.7. The summed E-state index contributed by atoms with van der Waals surface area (Å²) < 4.78 is 29.6. The number of nitrogens with zero attached hydrogens (tertiary/aromatic N) is 2. The van der Waals surface area contributed by atoms with Gasteiger partial charge in [-0.25, -0.2) is 9.97 Å². The molecule has 1 N–H and O–H groups in total. The lowest BCUT2D eigenvalue weighted by molar-refractivity contribution is -0.0494. The Balaban J connectivity index is 2.05. The highest BCUT2D eigenvalue weighted by Gasteiger charge is 2.26. The maximum absolute atomic E-state index is 12.5. The average molecular weight is 291 g/mol. The molecule has 0 aliphatic heterocycles. The molecule has 1 heterocycles. The van der Waals surface area contributed by atoms with Crippen LogP contribution < -0.4 is 10.1 Å². The summed E-state index contributed by atoms with van der Waals surface area (Å²) >= 11 is 0. The second-order valence-electron chi connectivity index (χ2n) is 4.90. The summed E-state index contributed by atoms with van der Waals surface area (Å²) in [5.41, 5.74) is 1.41. The Kier molecular flexibility index (Phi) is 3.68. The second kappa shape index (κ2) is 5.63. The summed E-state index contributed by atoms with van der Waals surface area (Å²) in [6.07, 6.45) is 2.21. The largest absolute Gasteiger partial charge is 0.434 e. The number of alkyl halides is 2. The first-order valence-electron chi connectivity index (χ1n) is 6.78. The fourth-order valence-electron chi connectivity index (χ4n) is 2.15. The van der Waals surface area contributed by atoms with Gasteiger partial charge in [-0.1, -0.05) is 12.1 Å². The monoisotopic (exact) mass is 291 g/mol. The van der Waals surface area contributed by atoms with Gasteiger partial charge in [-0.2, -0.15) is 8.78 Å². The summed E-state index contributed by atoms with van der Waals surface area (Å²) in [6.45, 7) is -2.87. The molecule has 0 amide bonds. The number of hydrogen-bond donors (Lipinski definition) is 1. The first-order chi connectivity index (χ1) is 10.2. The minimum absolute atomic E-state index is 0.0856. The number of halogens is 2. The molecule has 0 spiro atoms. The van der Waals surface area contributed by atoms with E-state index in [9.17, 15) is 8.78 Å². The summed E-state index contributed by atoms with van der Waals surface area (Å²) in [5.74, 6) is 1.61. The molecule has 1 aliphatic carbocycles. The van der Waals surface area contributed by atoms with Crippen molar-refractivity contribution in [2.75, 3.05) is 12.4 Å². The van der Waals surface area contributed by atoms with E-state index in [0.29, 0.717) is 23.1 Å². The van der Waals surface area contributed by atoms with E-state index >= 15 is 0 Å². The number of rotatable bonds is 5. The Bertz CT molecular complexity index is 645. The van der Waals surface area contributed by atoms with Gasteiger partial charge >= 0.3 is 6.61 Å². The summed E-state index contributed by atoms with van der Waals surface area (Å²) in [4.78, 5) is 8.86. The van der Waals surface area contributed by atoms with Gasteiger partial charge in [-0.3, -0.25) is 0 Å². The molecule has 21 heavy (non-hydrogen) atoms. The highest BCUT2D eigenvalue weighted by molar-refractivity contribution is 5.65. The van der Waals surface area contributed by atoms with Crippen molar-refractivity contribution in [3.63, 3.8) is 0 Å². The fourth-order valence-corrected chi connectivity index (χ4v) is 2.15. The molecule has 1 fully saturated rings. The zero-order chi connectivity index (χ0) is 14.8. The first-order valence-corrected chi connectivity index (χ1v) is 6.78. The van der Waals surface area contributed by atoms with Crippen LogP contribution in [0.2, 0.25) is 0 Å². The number of aromatic nitrogens is 2. The second-order valence-corrected chi connectivity index (χ2v) is 4.90. The Hall–Kier alpha value is -2.24. The van der Waals surface area contributed by atoms with Crippen molar-refractivity contribution in [2.24, 2.45) is 0 Å². The minimum Gasteiger partial charge on any atom is -0.434 e. The van der Waals surface area contributed by atoms with Crippen LogP contribution in [0.15, 0.2) is 30.3 Å². The molecule has 0 unspecified atom stereocenters. The average Bonchev–Trinajstić information content (AvgIpc) is 3.31. The van der Waals surface area contributed by atoms with E-state index in [1.54, 1.807) is 25.2 Å². The zero-order valence-electron chi connectivity index (χ0n) is 11.5. The molecule has 0 saturated heterocycles. The molecule has 1 saturated carbocycles. The molecule has 0 radical (unpaired) electrons. The van der Waals surface area contributed by atoms with Crippen molar-refractivity contribution in [3.8, 4) is 17.1 Å². The number of nitrogens with one attached hydrogen (secondary N) is 1. The molecule has 0 atom stereocenters. The van der Waals surface area contributed by atoms with Crippen molar-refractivity contribution < 1.29 is 13.5 Å². The molecule has 1 aromatic carbocycles. The van der Waals surface area contributed by atoms with Crippen molar-refractivity contribution in [1.82, 2.24) is 9.97 Å². The van der Waals surface area contributed by atoms with Crippen LogP contribution in [0.3, 0.4) is 0 Å². The number of anilines is 1. The van der Waals surface area contributed by atoms with Gasteiger partial charge in [0.25, 0.3) is 0 Å². The van der Waals surface area contributed by atoms with E-state index in [1.165, 1.54) is 6.07 Å². The van der Waals surface area contributed by atoms with E-state index in [4.69, 9.17) is 0 Å². The molecule has 1 aliphatic rings. The van der Waals surface area contributed by atoms with Crippen LogP contribution >= 0.6 is 0 Å². The van der Waals surface area contributed by atoms with Crippen LogP contribution in [0.1, 0.15) is 24.5 Å². The molecule has 2 aromatic rings. The molecule has 110 valence electrons. The lowest BCUT2D eigenvalue weighted by Crippen LogP contribution is -2.05. The normalized spacial score (nSPS) is 14.3. The quantitative estimate of drug-likeness (QED) is 0.913. The SMILES string of the molecule is CNc1cc(C2CC2)nc(-c2ccccc2OC(F)F)n1. The van der Waals surface area contributed by atoms with E-state index in [0.717, 1.165) is 18.5 Å². The lowest BCUT2D eigenvalue weighted by atomic mass is 10.1. The zero-order valence-corrected chi connectivity index (χ0v) is 11.5. The maximum atomic E-state index is 12.5. The lowest BCUT2D eigenvalue weighted by Gasteiger charge is -2.11. The van der Waals surface area contributed by atoms with Crippen LogP contribution in [0.25, 0.3) is 11.4 Å². The van der Waals surface area contributed by atoms with Crippen molar-refractivity contribution in [1.29, 1.82) is 0 Å². The van der Waals surface area contributed by atoms with E-state index in [1.807, 2.05) is 6.07 Å². The molecular weight excluding hydrogens is 276 g/mol. The molecule has 4 nitrogen and oxygen atoms in total. The van der Waals surface area contributed by atoms with E-state index < -0.39 is 6.61 Å². The fraction of sp³-hybridized carbons (Fsp3) is 0.333. The third kappa shape index (κ3) is 3.09. The third-order valence-electron chi connectivity index (χ3n) is 3.34. The number of hydrogen-bond acceptors (Lipinski definition) is 4. The highest BCUT2D eigenvalue weighted by Crippen LogP contribution is 2.40. The van der Waals surface area contributed by atoms with Crippen LogP contribution in [-0.4, -0.2) is 23.6 Å².